The average Bonchev–Trinajstić information content (AvgIpc) is 2.61. The third-order valence-corrected chi connectivity index (χ3v) is 4.32. The van der Waals surface area contributed by atoms with E-state index >= 15 is 0 Å². The second-order valence-electron chi connectivity index (χ2n) is 6.33. The second kappa shape index (κ2) is 7.28. The van der Waals surface area contributed by atoms with Crippen LogP contribution in [0.25, 0.3) is 0 Å². The Morgan fingerprint density at radius 2 is 1.96 bits per heavy atom. The lowest BCUT2D eigenvalue weighted by Gasteiger charge is -2.36. The van der Waals surface area contributed by atoms with Crippen molar-refractivity contribution in [1.29, 1.82) is 0 Å². The molecule has 1 aromatic heterocycles. The molecule has 2 heterocycles. The molecule has 25 heavy (non-hydrogen) atoms. The van der Waals surface area contributed by atoms with Gasteiger partial charge in [-0.1, -0.05) is 12.1 Å². The average molecular weight is 346 g/mol. The van der Waals surface area contributed by atoms with Crippen LogP contribution in [-0.2, 0) is 4.74 Å². The molecule has 3 rings (SSSR count). The fraction of sp³-hybridized carbons (Fsp3) is 0.471. The van der Waals surface area contributed by atoms with E-state index < -0.39 is 0 Å². The molecule has 134 valence electrons. The number of nitrogens with zero attached hydrogens (tertiary/aromatic N) is 5. The maximum atomic E-state index is 13.1. The molecule has 1 aromatic carbocycles. The van der Waals surface area contributed by atoms with E-state index in [4.69, 9.17) is 10.5 Å². The third-order valence-electron chi connectivity index (χ3n) is 4.32. The molecule has 1 fully saturated rings. The maximum absolute atomic E-state index is 13.1. The standard InChI is InChI=1S/C17H23FN6O/c1-11(15-20-16(19)22-17(21-15)23(2)3)24-8-9-25-14(10-24)12-4-6-13(18)7-5-12/h4-7,11,14H,8-10H2,1-3H3,(H2,19,20,21,22)/t11-,14+/m0/s1. The lowest BCUT2D eigenvalue weighted by atomic mass is 10.1. The van der Waals surface area contributed by atoms with Crippen molar-refractivity contribution >= 4 is 11.9 Å². The van der Waals surface area contributed by atoms with Crippen molar-refractivity contribution in [3.8, 4) is 0 Å². The van der Waals surface area contributed by atoms with Crippen LogP contribution in [0.3, 0.4) is 0 Å². The summed E-state index contributed by atoms with van der Waals surface area (Å²) < 4.78 is 19.0. The van der Waals surface area contributed by atoms with Gasteiger partial charge in [-0.2, -0.15) is 15.0 Å². The summed E-state index contributed by atoms with van der Waals surface area (Å²) in [5.74, 6) is 1.14. The highest BCUT2D eigenvalue weighted by Gasteiger charge is 2.28. The molecule has 0 saturated carbocycles. The first-order chi connectivity index (χ1) is 11.9. The Hall–Kier alpha value is -2.32. The van der Waals surface area contributed by atoms with Crippen LogP contribution in [0.15, 0.2) is 24.3 Å². The Balaban J connectivity index is 1.78. The van der Waals surface area contributed by atoms with Gasteiger partial charge in [-0.05, 0) is 24.6 Å². The second-order valence-corrected chi connectivity index (χ2v) is 6.33. The van der Waals surface area contributed by atoms with Gasteiger partial charge in [0, 0.05) is 27.2 Å². The van der Waals surface area contributed by atoms with Crippen LogP contribution < -0.4 is 10.6 Å². The Kier molecular flexibility index (Phi) is 5.10. The first-order valence-electron chi connectivity index (χ1n) is 8.24. The van der Waals surface area contributed by atoms with Gasteiger partial charge in [0.25, 0.3) is 0 Å². The number of rotatable bonds is 4. The zero-order valence-corrected chi connectivity index (χ0v) is 14.7. The minimum Gasteiger partial charge on any atom is -0.371 e. The van der Waals surface area contributed by atoms with Crippen molar-refractivity contribution in [2.45, 2.75) is 19.1 Å². The van der Waals surface area contributed by atoms with Gasteiger partial charge in [0.15, 0.2) is 5.82 Å². The molecular weight excluding hydrogens is 323 g/mol. The zero-order chi connectivity index (χ0) is 18.0. The molecule has 0 unspecified atom stereocenters. The number of aromatic nitrogens is 3. The number of anilines is 2. The summed E-state index contributed by atoms with van der Waals surface area (Å²) in [6.45, 7) is 4.08. The Labute approximate surface area is 146 Å². The number of ether oxygens (including phenoxy) is 1. The molecule has 0 bridgehead atoms. The van der Waals surface area contributed by atoms with Crippen molar-refractivity contribution < 1.29 is 9.13 Å². The predicted octanol–water partition coefficient (Wildman–Crippen LogP) is 1.79. The summed E-state index contributed by atoms with van der Waals surface area (Å²) in [6.07, 6.45) is -0.107. The quantitative estimate of drug-likeness (QED) is 0.904. The van der Waals surface area contributed by atoms with Crippen molar-refractivity contribution in [3.05, 3.63) is 41.5 Å². The van der Waals surface area contributed by atoms with Crippen molar-refractivity contribution in [2.75, 3.05) is 44.4 Å². The van der Waals surface area contributed by atoms with Crippen molar-refractivity contribution in [3.63, 3.8) is 0 Å². The molecule has 8 heteroatoms. The number of morpholine rings is 1. The third kappa shape index (κ3) is 4.02. The van der Waals surface area contributed by atoms with Gasteiger partial charge in [-0.25, -0.2) is 4.39 Å². The molecule has 1 saturated heterocycles. The first-order valence-corrected chi connectivity index (χ1v) is 8.24. The smallest absolute Gasteiger partial charge is 0.229 e. The van der Waals surface area contributed by atoms with E-state index in [1.165, 1.54) is 12.1 Å². The summed E-state index contributed by atoms with van der Waals surface area (Å²) in [7, 11) is 3.73. The highest BCUT2D eigenvalue weighted by atomic mass is 19.1. The molecule has 0 spiro atoms. The van der Waals surface area contributed by atoms with E-state index in [9.17, 15) is 4.39 Å². The van der Waals surface area contributed by atoms with E-state index in [0.717, 1.165) is 12.1 Å². The van der Waals surface area contributed by atoms with E-state index in [0.29, 0.717) is 24.9 Å². The predicted molar refractivity (Wildman–Crippen MR) is 93.6 cm³/mol. The van der Waals surface area contributed by atoms with E-state index in [2.05, 4.69) is 19.9 Å². The van der Waals surface area contributed by atoms with E-state index in [1.54, 1.807) is 17.0 Å². The SMILES string of the molecule is C[C@@H](c1nc(N)nc(N(C)C)n1)N1CCO[C@@H](c2ccc(F)cc2)C1. The Bertz CT molecular complexity index is 724. The van der Waals surface area contributed by atoms with Gasteiger partial charge in [0.05, 0.1) is 18.8 Å². The van der Waals surface area contributed by atoms with Gasteiger partial charge in [-0.3, -0.25) is 4.90 Å². The maximum Gasteiger partial charge on any atom is 0.229 e. The molecule has 1 aliphatic heterocycles. The molecule has 0 radical (unpaired) electrons. The Morgan fingerprint density at radius 3 is 2.64 bits per heavy atom. The van der Waals surface area contributed by atoms with Crippen LogP contribution >= 0.6 is 0 Å². The van der Waals surface area contributed by atoms with Gasteiger partial charge in [0.1, 0.15) is 5.82 Å². The van der Waals surface area contributed by atoms with Gasteiger partial charge in [-0.15, -0.1) is 0 Å². The minimum atomic E-state index is -0.248. The van der Waals surface area contributed by atoms with Gasteiger partial charge >= 0.3 is 0 Å². The minimum absolute atomic E-state index is 0.0316. The summed E-state index contributed by atoms with van der Waals surface area (Å²) in [5, 5.41) is 0. The number of hydrogen-bond donors (Lipinski definition) is 1. The summed E-state index contributed by atoms with van der Waals surface area (Å²) in [5.41, 5.74) is 6.79. The lowest BCUT2D eigenvalue weighted by Crippen LogP contribution is -2.40. The molecule has 2 aromatic rings. The zero-order valence-electron chi connectivity index (χ0n) is 14.7. The topological polar surface area (TPSA) is 80.4 Å². The van der Waals surface area contributed by atoms with Crippen molar-refractivity contribution in [1.82, 2.24) is 19.9 Å². The van der Waals surface area contributed by atoms with Crippen LogP contribution in [0.2, 0.25) is 0 Å². The number of halogens is 1. The van der Waals surface area contributed by atoms with E-state index in [-0.39, 0.29) is 23.9 Å². The normalized spacial score (nSPS) is 19.6. The number of nitrogen functional groups attached to an aromatic ring is 1. The van der Waals surface area contributed by atoms with Crippen LogP contribution in [0, 0.1) is 5.82 Å². The highest BCUT2D eigenvalue weighted by Crippen LogP contribution is 2.28. The van der Waals surface area contributed by atoms with E-state index in [1.807, 2.05) is 21.0 Å². The highest BCUT2D eigenvalue weighted by molar-refractivity contribution is 5.33. The Morgan fingerprint density at radius 1 is 1.24 bits per heavy atom. The fourth-order valence-corrected chi connectivity index (χ4v) is 2.85. The fourth-order valence-electron chi connectivity index (χ4n) is 2.85. The van der Waals surface area contributed by atoms with Crippen LogP contribution in [0.1, 0.15) is 30.5 Å². The van der Waals surface area contributed by atoms with Crippen LogP contribution in [0.5, 0.6) is 0 Å². The molecule has 2 N–H and O–H groups in total. The van der Waals surface area contributed by atoms with Gasteiger partial charge < -0.3 is 15.4 Å². The summed E-state index contributed by atoms with van der Waals surface area (Å²) >= 11 is 0. The van der Waals surface area contributed by atoms with Crippen LogP contribution in [0.4, 0.5) is 16.3 Å². The summed E-state index contributed by atoms with van der Waals surface area (Å²) in [4.78, 5) is 17.0. The molecule has 7 nitrogen and oxygen atoms in total. The first kappa shape index (κ1) is 17.5. The summed E-state index contributed by atoms with van der Waals surface area (Å²) in [6, 6.07) is 6.41. The lowest BCUT2D eigenvalue weighted by molar-refractivity contribution is -0.0442. The number of hydrogen-bond acceptors (Lipinski definition) is 7. The molecule has 1 aliphatic rings. The largest absolute Gasteiger partial charge is 0.371 e. The van der Waals surface area contributed by atoms with Crippen LogP contribution in [-0.4, -0.2) is 53.6 Å². The number of nitrogens with two attached hydrogens (primary N) is 1. The number of benzene rings is 1. The molecule has 2 atom stereocenters. The molecule has 0 amide bonds. The molecular formula is C17H23FN6O. The van der Waals surface area contributed by atoms with Crippen molar-refractivity contribution in [2.24, 2.45) is 0 Å². The molecule has 0 aliphatic carbocycles. The monoisotopic (exact) mass is 346 g/mol. The van der Waals surface area contributed by atoms with Gasteiger partial charge in [0.2, 0.25) is 11.9 Å².